The lowest BCUT2D eigenvalue weighted by atomic mass is 10.1. The maximum absolute atomic E-state index is 5.98. The van der Waals surface area contributed by atoms with Crippen LogP contribution in [0.5, 0.6) is 17.2 Å². The Hall–Kier alpha value is -2.00. The van der Waals surface area contributed by atoms with E-state index in [0.717, 1.165) is 35.4 Å². The van der Waals surface area contributed by atoms with E-state index in [1.54, 1.807) is 7.11 Å². The molecule has 0 radical (unpaired) electrons. The Kier molecular flexibility index (Phi) is 4.11. The molecule has 0 unspecified atom stereocenters. The molecule has 3 heteroatoms. The van der Waals surface area contributed by atoms with Crippen LogP contribution in [0.3, 0.4) is 0 Å². The van der Waals surface area contributed by atoms with Gasteiger partial charge in [0.2, 0.25) is 0 Å². The average molecular weight is 283 g/mol. The number of nitrogens with one attached hydrogen (secondary N) is 1. The van der Waals surface area contributed by atoms with E-state index in [9.17, 15) is 0 Å². The van der Waals surface area contributed by atoms with Crippen LogP contribution < -0.4 is 14.8 Å². The van der Waals surface area contributed by atoms with Gasteiger partial charge in [-0.15, -0.1) is 0 Å². The topological polar surface area (TPSA) is 30.5 Å². The molecule has 0 atom stereocenters. The van der Waals surface area contributed by atoms with Crippen molar-refractivity contribution in [3.8, 4) is 17.2 Å². The molecule has 2 aromatic rings. The molecule has 3 nitrogen and oxygen atoms in total. The van der Waals surface area contributed by atoms with Crippen LogP contribution in [0.4, 0.5) is 0 Å². The minimum Gasteiger partial charge on any atom is -0.493 e. The van der Waals surface area contributed by atoms with E-state index in [1.807, 2.05) is 30.3 Å². The highest BCUT2D eigenvalue weighted by Crippen LogP contribution is 2.32. The van der Waals surface area contributed by atoms with Gasteiger partial charge in [0.05, 0.1) is 7.11 Å². The van der Waals surface area contributed by atoms with Gasteiger partial charge in [-0.25, -0.2) is 0 Å². The molecular formula is C18H21NO2. The molecule has 21 heavy (non-hydrogen) atoms. The molecule has 2 aromatic carbocycles. The van der Waals surface area contributed by atoms with Gasteiger partial charge in [0.25, 0.3) is 0 Å². The standard InChI is InChI=1S/C18H21NO2/c1-13-11-14(12-19-15-8-9-15)7-10-16(13)21-18-6-4-3-5-17(18)20-2/h3-7,10-11,15,19H,8-9,12H2,1-2H3. The van der Waals surface area contributed by atoms with Crippen molar-refractivity contribution in [1.29, 1.82) is 0 Å². The van der Waals surface area contributed by atoms with Crippen LogP contribution in [-0.4, -0.2) is 13.2 Å². The van der Waals surface area contributed by atoms with Gasteiger partial charge in [-0.3, -0.25) is 0 Å². The molecule has 0 spiro atoms. The fourth-order valence-corrected chi connectivity index (χ4v) is 2.31. The summed E-state index contributed by atoms with van der Waals surface area (Å²) in [7, 11) is 1.65. The summed E-state index contributed by atoms with van der Waals surface area (Å²) in [4.78, 5) is 0. The number of aryl methyl sites for hydroxylation is 1. The summed E-state index contributed by atoms with van der Waals surface area (Å²) < 4.78 is 11.3. The van der Waals surface area contributed by atoms with Crippen LogP contribution in [0, 0.1) is 6.92 Å². The van der Waals surface area contributed by atoms with E-state index in [-0.39, 0.29) is 0 Å². The molecule has 0 aromatic heterocycles. The highest BCUT2D eigenvalue weighted by molar-refractivity contribution is 5.45. The van der Waals surface area contributed by atoms with Crippen molar-refractivity contribution in [1.82, 2.24) is 5.32 Å². The predicted octanol–water partition coefficient (Wildman–Crippen LogP) is 4.05. The lowest BCUT2D eigenvalue weighted by Gasteiger charge is -2.13. The molecule has 0 aliphatic heterocycles. The zero-order valence-electron chi connectivity index (χ0n) is 12.6. The summed E-state index contributed by atoms with van der Waals surface area (Å²) in [5, 5.41) is 3.53. The van der Waals surface area contributed by atoms with Gasteiger partial charge in [0.15, 0.2) is 11.5 Å². The van der Waals surface area contributed by atoms with Gasteiger partial charge in [-0.05, 0) is 49.1 Å². The number of hydrogen-bond donors (Lipinski definition) is 1. The Bertz CT molecular complexity index is 620. The van der Waals surface area contributed by atoms with Gasteiger partial charge < -0.3 is 14.8 Å². The molecule has 1 aliphatic carbocycles. The van der Waals surface area contributed by atoms with Crippen molar-refractivity contribution in [2.24, 2.45) is 0 Å². The van der Waals surface area contributed by atoms with Crippen molar-refractivity contribution < 1.29 is 9.47 Å². The molecule has 1 N–H and O–H groups in total. The van der Waals surface area contributed by atoms with Crippen LogP contribution in [0.1, 0.15) is 24.0 Å². The van der Waals surface area contributed by atoms with Crippen LogP contribution in [-0.2, 0) is 6.54 Å². The Morgan fingerprint density at radius 2 is 1.81 bits per heavy atom. The number of rotatable bonds is 6. The van der Waals surface area contributed by atoms with Crippen LogP contribution in [0.25, 0.3) is 0 Å². The number of benzene rings is 2. The van der Waals surface area contributed by atoms with Crippen molar-refractivity contribution in [3.05, 3.63) is 53.6 Å². The molecular weight excluding hydrogens is 262 g/mol. The average Bonchev–Trinajstić information content (AvgIpc) is 3.32. The number of methoxy groups -OCH3 is 1. The summed E-state index contributed by atoms with van der Waals surface area (Å²) in [6.45, 7) is 3.01. The Balaban J connectivity index is 1.72. The fourth-order valence-electron chi connectivity index (χ4n) is 2.31. The van der Waals surface area contributed by atoms with Gasteiger partial charge in [-0.2, -0.15) is 0 Å². The van der Waals surface area contributed by atoms with E-state index in [0.29, 0.717) is 0 Å². The molecule has 0 heterocycles. The van der Waals surface area contributed by atoms with Crippen molar-refractivity contribution in [2.75, 3.05) is 7.11 Å². The Morgan fingerprint density at radius 1 is 1.05 bits per heavy atom. The van der Waals surface area contributed by atoms with E-state index in [1.165, 1.54) is 18.4 Å². The molecule has 110 valence electrons. The molecule has 0 amide bonds. The number of ether oxygens (including phenoxy) is 2. The number of para-hydroxylation sites is 2. The molecule has 0 saturated heterocycles. The third kappa shape index (κ3) is 3.56. The highest BCUT2D eigenvalue weighted by Gasteiger charge is 2.20. The first-order valence-corrected chi connectivity index (χ1v) is 7.40. The Labute approximate surface area is 125 Å². The molecule has 3 rings (SSSR count). The summed E-state index contributed by atoms with van der Waals surface area (Å²) in [5.41, 5.74) is 2.43. The summed E-state index contributed by atoms with van der Waals surface area (Å²) >= 11 is 0. The van der Waals surface area contributed by atoms with Gasteiger partial charge >= 0.3 is 0 Å². The second-order valence-corrected chi connectivity index (χ2v) is 5.51. The maximum atomic E-state index is 5.98. The van der Waals surface area contributed by atoms with Crippen molar-refractivity contribution >= 4 is 0 Å². The van der Waals surface area contributed by atoms with Gasteiger partial charge in [0, 0.05) is 12.6 Å². The quantitative estimate of drug-likeness (QED) is 0.867. The van der Waals surface area contributed by atoms with Gasteiger partial charge in [-0.1, -0.05) is 24.3 Å². The lowest BCUT2D eigenvalue weighted by molar-refractivity contribution is 0.378. The lowest BCUT2D eigenvalue weighted by Crippen LogP contribution is -2.15. The smallest absolute Gasteiger partial charge is 0.169 e. The molecule has 0 bridgehead atoms. The second-order valence-electron chi connectivity index (χ2n) is 5.51. The monoisotopic (exact) mass is 283 g/mol. The summed E-state index contributed by atoms with van der Waals surface area (Å²) in [5.74, 6) is 2.36. The number of hydrogen-bond acceptors (Lipinski definition) is 3. The minimum atomic E-state index is 0.731. The molecule has 1 saturated carbocycles. The highest BCUT2D eigenvalue weighted by atomic mass is 16.5. The minimum absolute atomic E-state index is 0.731. The van der Waals surface area contributed by atoms with Gasteiger partial charge in [0.1, 0.15) is 5.75 Å². The van der Waals surface area contributed by atoms with E-state index >= 15 is 0 Å². The third-order valence-corrected chi connectivity index (χ3v) is 3.70. The second kappa shape index (κ2) is 6.19. The first-order valence-electron chi connectivity index (χ1n) is 7.40. The zero-order valence-corrected chi connectivity index (χ0v) is 12.6. The zero-order chi connectivity index (χ0) is 14.7. The largest absolute Gasteiger partial charge is 0.493 e. The first-order chi connectivity index (χ1) is 10.3. The van der Waals surface area contributed by atoms with E-state index in [2.05, 4.69) is 24.4 Å². The van der Waals surface area contributed by atoms with E-state index < -0.39 is 0 Å². The first kappa shape index (κ1) is 14.0. The summed E-state index contributed by atoms with van der Waals surface area (Å²) in [6, 6.07) is 14.8. The molecule has 1 fully saturated rings. The van der Waals surface area contributed by atoms with Crippen molar-refractivity contribution in [3.63, 3.8) is 0 Å². The normalized spacial score (nSPS) is 14.0. The fraction of sp³-hybridized carbons (Fsp3) is 0.333. The maximum Gasteiger partial charge on any atom is 0.169 e. The predicted molar refractivity (Wildman–Crippen MR) is 84.1 cm³/mol. The van der Waals surface area contributed by atoms with Crippen LogP contribution >= 0.6 is 0 Å². The summed E-state index contributed by atoms with van der Waals surface area (Å²) in [6.07, 6.45) is 2.63. The SMILES string of the molecule is COc1ccccc1Oc1ccc(CNC2CC2)cc1C. The van der Waals surface area contributed by atoms with Crippen LogP contribution in [0.15, 0.2) is 42.5 Å². The third-order valence-electron chi connectivity index (χ3n) is 3.70. The Morgan fingerprint density at radius 3 is 2.48 bits per heavy atom. The van der Waals surface area contributed by atoms with Crippen molar-refractivity contribution in [2.45, 2.75) is 32.4 Å². The van der Waals surface area contributed by atoms with E-state index in [4.69, 9.17) is 9.47 Å². The van der Waals surface area contributed by atoms with Crippen LogP contribution in [0.2, 0.25) is 0 Å². The molecule has 1 aliphatic rings.